The molecule has 1 heterocycles. The smallest absolute Gasteiger partial charge is 0.226 e. The van der Waals surface area contributed by atoms with Crippen molar-refractivity contribution in [1.82, 2.24) is 0 Å². The predicted molar refractivity (Wildman–Crippen MR) is 91.3 cm³/mol. The zero-order valence-corrected chi connectivity index (χ0v) is 13.5. The van der Waals surface area contributed by atoms with Crippen LogP contribution in [0.25, 0.3) is 0 Å². The Morgan fingerprint density at radius 2 is 1.91 bits per heavy atom. The highest BCUT2D eigenvalue weighted by molar-refractivity contribution is 5.95. The van der Waals surface area contributed by atoms with Gasteiger partial charge >= 0.3 is 0 Å². The number of benzene rings is 2. The van der Waals surface area contributed by atoms with Crippen LogP contribution in [-0.4, -0.2) is 11.9 Å². The summed E-state index contributed by atoms with van der Waals surface area (Å²) in [7, 11) is 0. The SMILES string of the molecule is CCC(=O)N1c2ccc(C)cc2C(c2ccccc2)CC1C. The van der Waals surface area contributed by atoms with E-state index in [2.05, 4.69) is 62.4 Å². The van der Waals surface area contributed by atoms with Gasteiger partial charge in [-0.15, -0.1) is 0 Å². The minimum atomic E-state index is 0.212. The number of carbonyl (C=O) groups is 1. The number of fused-ring (bicyclic) bond motifs is 1. The molecular formula is C20H23NO. The summed E-state index contributed by atoms with van der Waals surface area (Å²) >= 11 is 0. The van der Waals surface area contributed by atoms with Crippen LogP contribution >= 0.6 is 0 Å². The Bertz CT molecular complexity index is 677. The molecule has 22 heavy (non-hydrogen) atoms. The maximum Gasteiger partial charge on any atom is 0.226 e. The van der Waals surface area contributed by atoms with Crippen molar-refractivity contribution in [2.24, 2.45) is 0 Å². The number of hydrogen-bond donors (Lipinski definition) is 0. The summed E-state index contributed by atoms with van der Waals surface area (Å²) in [5.41, 5.74) is 4.96. The summed E-state index contributed by atoms with van der Waals surface area (Å²) in [6.07, 6.45) is 1.53. The van der Waals surface area contributed by atoms with Gasteiger partial charge in [-0.25, -0.2) is 0 Å². The average Bonchev–Trinajstić information content (AvgIpc) is 2.54. The van der Waals surface area contributed by atoms with Gasteiger partial charge in [0.05, 0.1) is 0 Å². The second-order valence-electron chi connectivity index (χ2n) is 6.23. The van der Waals surface area contributed by atoms with Crippen molar-refractivity contribution in [1.29, 1.82) is 0 Å². The van der Waals surface area contributed by atoms with Crippen LogP contribution in [0.4, 0.5) is 5.69 Å². The van der Waals surface area contributed by atoms with Crippen molar-refractivity contribution in [2.45, 2.75) is 45.6 Å². The van der Waals surface area contributed by atoms with Crippen molar-refractivity contribution in [3.05, 3.63) is 65.2 Å². The first kappa shape index (κ1) is 14.8. The topological polar surface area (TPSA) is 20.3 Å². The minimum Gasteiger partial charge on any atom is -0.309 e. The molecule has 1 aliphatic rings. The third-order valence-electron chi connectivity index (χ3n) is 4.61. The molecule has 0 saturated carbocycles. The molecule has 2 nitrogen and oxygen atoms in total. The molecule has 114 valence electrons. The number of carbonyl (C=O) groups excluding carboxylic acids is 1. The summed E-state index contributed by atoms with van der Waals surface area (Å²) in [6, 6.07) is 17.3. The second kappa shape index (κ2) is 5.96. The van der Waals surface area contributed by atoms with Crippen molar-refractivity contribution < 1.29 is 4.79 Å². The zero-order chi connectivity index (χ0) is 15.7. The fourth-order valence-electron chi connectivity index (χ4n) is 3.53. The second-order valence-corrected chi connectivity index (χ2v) is 6.23. The molecule has 0 saturated heterocycles. The van der Waals surface area contributed by atoms with Gasteiger partial charge in [0.1, 0.15) is 0 Å². The molecule has 0 bridgehead atoms. The Kier molecular flexibility index (Phi) is 4.02. The summed E-state index contributed by atoms with van der Waals surface area (Å²) in [6.45, 7) is 6.21. The number of nitrogens with zero attached hydrogens (tertiary/aromatic N) is 1. The largest absolute Gasteiger partial charge is 0.309 e. The van der Waals surface area contributed by atoms with E-state index in [1.807, 2.05) is 11.8 Å². The van der Waals surface area contributed by atoms with E-state index in [9.17, 15) is 4.79 Å². The standard InChI is InChI=1S/C20H23NO/c1-4-20(22)21-15(3)13-17(16-8-6-5-7-9-16)18-12-14(2)10-11-19(18)21/h5-12,15,17H,4,13H2,1-3H3. The van der Waals surface area contributed by atoms with Crippen molar-refractivity contribution in [3.63, 3.8) is 0 Å². The molecule has 2 aromatic carbocycles. The number of aryl methyl sites for hydroxylation is 1. The monoisotopic (exact) mass is 293 g/mol. The molecule has 1 amide bonds. The first-order chi connectivity index (χ1) is 10.6. The molecule has 0 spiro atoms. The first-order valence-electron chi connectivity index (χ1n) is 8.09. The molecule has 2 atom stereocenters. The van der Waals surface area contributed by atoms with E-state index in [1.165, 1.54) is 16.7 Å². The summed E-state index contributed by atoms with van der Waals surface area (Å²) in [4.78, 5) is 14.4. The molecule has 2 heteroatoms. The lowest BCUT2D eigenvalue weighted by molar-refractivity contribution is -0.118. The lowest BCUT2D eigenvalue weighted by Gasteiger charge is -2.40. The Morgan fingerprint density at radius 1 is 1.18 bits per heavy atom. The van der Waals surface area contributed by atoms with E-state index >= 15 is 0 Å². The molecule has 0 aromatic heterocycles. The summed E-state index contributed by atoms with van der Waals surface area (Å²) in [5, 5.41) is 0. The molecular weight excluding hydrogens is 270 g/mol. The van der Waals surface area contributed by atoms with Gasteiger partial charge in [0, 0.05) is 24.1 Å². The molecule has 0 radical (unpaired) electrons. The fraction of sp³-hybridized carbons (Fsp3) is 0.350. The van der Waals surface area contributed by atoms with Crippen molar-refractivity contribution in [3.8, 4) is 0 Å². The van der Waals surface area contributed by atoms with Gasteiger partial charge in [0.2, 0.25) is 5.91 Å². The first-order valence-corrected chi connectivity index (χ1v) is 8.09. The van der Waals surface area contributed by atoms with Gasteiger partial charge in [-0.1, -0.05) is 55.0 Å². The van der Waals surface area contributed by atoms with Gasteiger partial charge in [-0.3, -0.25) is 4.79 Å². The summed E-state index contributed by atoms with van der Waals surface area (Å²) < 4.78 is 0. The van der Waals surface area contributed by atoms with Crippen LogP contribution in [0, 0.1) is 6.92 Å². The van der Waals surface area contributed by atoms with Gasteiger partial charge < -0.3 is 4.90 Å². The maximum absolute atomic E-state index is 12.4. The lowest BCUT2D eigenvalue weighted by Crippen LogP contribution is -2.43. The van der Waals surface area contributed by atoms with E-state index in [-0.39, 0.29) is 11.9 Å². The van der Waals surface area contributed by atoms with Crippen LogP contribution in [0.2, 0.25) is 0 Å². The van der Waals surface area contributed by atoms with E-state index in [0.29, 0.717) is 12.3 Å². The third-order valence-corrected chi connectivity index (χ3v) is 4.61. The van der Waals surface area contributed by atoms with E-state index in [4.69, 9.17) is 0 Å². The molecule has 1 aliphatic heterocycles. The van der Waals surface area contributed by atoms with Gasteiger partial charge in [-0.05, 0) is 37.5 Å². The minimum absolute atomic E-state index is 0.212. The third kappa shape index (κ3) is 2.54. The molecule has 0 N–H and O–H groups in total. The van der Waals surface area contributed by atoms with Crippen LogP contribution in [0.5, 0.6) is 0 Å². The number of anilines is 1. The highest BCUT2D eigenvalue weighted by Crippen LogP contribution is 2.42. The molecule has 3 rings (SSSR count). The summed E-state index contributed by atoms with van der Waals surface area (Å²) in [5.74, 6) is 0.580. The normalized spacial score (nSPS) is 20.6. The van der Waals surface area contributed by atoms with E-state index in [0.717, 1.165) is 12.1 Å². The zero-order valence-electron chi connectivity index (χ0n) is 13.5. The average molecular weight is 293 g/mol. The van der Waals surface area contributed by atoms with Crippen molar-refractivity contribution >= 4 is 11.6 Å². The lowest BCUT2D eigenvalue weighted by atomic mass is 9.80. The van der Waals surface area contributed by atoms with Crippen LogP contribution in [0.3, 0.4) is 0 Å². The number of rotatable bonds is 2. The van der Waals surface area contributed by atoms with Crippen LogP contribution in [0.1, 0.15) is 49.3 Å². The van der Waals surface area contributed by atoms with E-state index in [1.54, 1.807) is 0 Å². The number of hydrogen-bond acceptors (Lipinski definition) is 1. The molecule has 0 aliphatic carbocycles. The maximum atomic E-state index is 12.4. The number of amides is 1. The Hall–Kier alpha value is -2.09. The van der Waals surface area contributed by atoms with Crippen LogP contribution < -0.4 is 4.90 Å². The van der Waals surface area contributed by atoms with Crippen LogP contribution in [-0.2, 0) is 4.79 Å². The Balaban J connectivity index is 2.13. The van der Waals surface area contributed by atoms with Gasteiger partial charge in [0.25, 0.3) is 0 Å². The molecule has 2 unspecified atom stereocenters. The van der Waals surface area contributed by atoms with E-state index < -0.39 is 0 Å². The van der Waals surface area contributed by atoms with Gasteiger partial charge in [0.15, 0.2) is 0 Å². The van der Waals surface area contributed by atoms with Gasteiger partial charge in [-0.2, -0.15) is 0 Å². The molecule has 2 aromatic rings. The quantitative estimate of drug-likeness (QED) is 0.788. The Labute approximate surface area is 132 Å². The highest BCUT2D eigenvalue weighted by Gasteiger charge is 2.33. The molecule has 0 fully saturated rings. The van der Waals surface area contributed by atoms with Crippen LogP contribution in [0.15, 0.2) is 48.5 Å². The Morgan fingerprint density at radius 3 is 2.59 bits per heavy atom. The highest BCUT2D eigenvalue weighted by atomic mass is 16.2. The fourth-order valence-corrected chi connectivity index (χ4v) is 3.53. The van der Waals surface area contributed by atoms with Crippen molar-refractivity contribution in [2.75, 3.05) is 4.90 Å². The predicted octanol–water partition coefficient (Wildman–Crippen LogP) is 4.66.